The summed E-state index contributed by atoms with van der Waals surface area (Å²) in [5.41, 5.74) is 7.82. The molecule has 106 valence electrons. The van der Waals surface area contributed by atoms with Crippen LogP contribution in [0.5, 0.6) is 0 Å². The minimum atomic E-state index is -0.125. The average molecular weight is 271 g/mol. The van der Waals surface area contributed by atoms with Gasteiger partial charge in [-0.2, -0.15) is 0 Å². The number of nitrogens with zero attached hydrogens (tertiary/aromatic N) is 4. The van der Waals surface area contributed by atoms with Crippen molar-refractivity contribution >= 4 is 5.82 Å². The molecule has 5 nitrogen and oxygen atoms in total. The van der Waals surface area contributed by atoms with Gasteiger partial charge in [-0.05, 0) is 6.92 Å². The lowest BCUT2D eigenvalue weighted by molar-refractivity contribution is 0.517. The van der Waals surface area contributed by atoms with Crippen molar-refractivity contribution in [2.45, 2.75) is 46.2 Å². The number of hydrogen-bond donors (Lipinski definition) is 1. The van der Waals surface area contributed by atoms with E-state index >= 15 is 0 Å². The summed E-state index contributed by atoms with van der Waals surface area (Å²) in [7, 11) is 0. The van der Waals surface area contributed by atoms with Gasteiger partial charge in [0.2, 0.25) is 0 Å². The van der Waals surface area contributed by atoms with Crippen molar-refractivity contribution < 1.29 is 0 Å². The van der Waals surface area contributed by atoms with E-state index in [1.807, 2.05) is 9.13 Å². The molecule has 0 unspecified atom stereocenters. The minimum absolute atomic E-state index is 0.125. The highest BCUT2D eigenvalue weighted by atomic mass is 15.2. The zero-order valence-corrected chi connectivity index (χ0v) is 12.5. The van der Waals surface area contributed by atoms with E-state index in [0.717, 1.165) is 23.8 Å². The first-order valence-corrected chi connectivity index (χ1v) is 6.70. The van der Waals surface area contributed by atoms with Gasteiger partial charge in [-0.15, -0.1) is 6.42 Å². The van der Waals surface area contributed by atoms with Gasteiger partial charge < -0.3 is 14.9 Å². The molecule has 0 radical (unpaired) electrons. The Morgan fingerprint density at radius 3 is 2.65 bits per heavy atom. The van der Waals surface area contributed by atoms with Crippen LogP contribution in [0.4, 0.5) is 5.82 Å². The van der Waals surface area contributed by atoms with Crippen LogP contribution in [0.2, 0.25) is 0 Å². The quantitative estimate of drug-likeness (QED) is 0.871. The third-order valence-corrected chi connectivity index (χ3v) is 3.22. The summed E-state index contributed by atoms with van der Waals surface area (Å²) in [6, 6.07) is 0. The molecule has 0 atom stereocenters. The Kier molecular flexibility index (Phi) is 3.58. The summed E-state index contributed by atoms with van der Waals surface area (Å²) in [5.74, 6) is 4.14. The van der Waals surface area contributed by atoms with Crippen molar-refractivity contribution in [3.8, 4) is 23.7 Å². The maximum absolute atomic E-state index is 6.27. The van der Waals surface area contributed by atoms with Crippen LogP contribution in [0.3, 0.4) is 0 Å². The summed E-state index contributed by atoms with van der Waals surface area (Å²) in [4.78, 5) is 8.91. The third-order valence-electron chi connectivity index (χ3n) is 3.22. The number of hydrogen-bond acceptors (Lipinski definition) is 3. The first-order chi connectivity index (χ1) is 9.40. The SMILES string of the molecule is C#CCn1c(C(C)(C)C)nc(-c2cncn2CC)c1N. The molecule has 0 aromatic carbocycles. The molecule has 0 aliphatic rings. The van der Waals surface area contributed by atoms with Gasteiger partial charge in [0.15, 0.2) is 0 Å². The van der Waals surface area contributed by atoms with E-state index in [0.29, 0.717) is 12.4 Å². The summed E-state index contributed by atoms with van der Waals surface area (Å²) < 4.78 is 3.92. The number of anilines is 1. The molecule has 0 amide bonds. The summed E-state index contributed by atoms with van der Waals surface area (Å²) in [5, 5.41) is 0. The smallest absolute Gasteiger partial charge is 0.134 e. The van der Waals surface area contributed by atoms with Crippen LogP contribution in [0.25, 0.3) is 11.4 Å². The molecule has 0 spiro atoms. The fourth-order valence-corrected chi connectivity index (χ4v) is 2.25. The van der Waals surface area contributed by atoms with Crippen LogP contribution in [0.1, 0.15) is 33.5 Å². The van der Waals surface area contributed by atoms with E-state index < -0.39 is 0 Å². The normalized spacial score (nSPS) is 11.6. The fourth-order valence-electron chi connectivity index (χ4n) is 2.25. The lowest BCUT2D eigenvalue weighted by atomic mass is 9.95. The first kappa shape index (κ1) is 14.2. The maximum Gasteiger partial charge on any atom is 0.134 e. The first-order valence-electron chi connectivity index (χ1n) is 6.70. The Hall–Kier alpha value is -2.22. The lowest BCUT2D eigenvalue weighted by Crippen LogP contribution is -2.19. The second-order valence-electron chi connectivity index (χ2n) is 5.77. The highest BCUT2D eigenvalue weighted by Gasteiger charge is 2.26. The third kappa shape index (κ3) is 2.29. The Balaban J connectivity index is 2.65. The second-order valence-corrected chi connectivity index (χ2v) is 5.77. The summed E-state index contributed by atoms with van der Waals surface area (Å²) in [6.45, 7) is 9.60. The number of nitrogens with two attached hydrogens (primary N) is 1. The molecule has 0 bridgehead atoms. The van der Waals surface area contributed by atoms with E-state index in [1.54, 1.807) is 12.5 Å². The molecule has 0 fully saturated rings. The molecule has 0 aliphatic heterocycles. The molecule has 2 aromatic heterocycles. The van der Waals surface area contributed by atoms with Gasteiger partial charge in [0.25, 0.3) is 0 Å². The van der Waals surface area contributed by atoms with Gasteiger partial charge in [-0.25, -0.2) is 9.97 Å². The fraction of sp³-hybridized carbons (Fsp3) is 0.467. The van der Waals surface area contributed by atoms with E-state index in [2.05, 4.69) is 38.6 Å². The number of rotatable bonds is 3. The van der Waals surface area contributed by atoms with E-state index in [1.165, 1.54) is 0 Å². The number of aromatic nitrogens is 4. The minimum Gasteiger partial charge on any atom is -0.383 e. The number of imidazole rings is 2. The molecule has 2 heterocycles. The number of aryl methyl sites for hydroxylation is 1. The monoisotopic (exact) mass is 271 g/mol. The number of nitrogen functional groups attached to an aromatic ring is 1. The van der Waals surface area contributed by atoms with Crippen molar-refractivity contribution in [1.29, 1.82) is 0 Å². The predicted octanol–water partition coefficient (Wildman–Crippen LogP) is 2.28. The molecule has 20 heavy (non-hydrogen) atoms. The highest BCUT2D eigenvalue weighted by molar-refractivity contribution is 5.68. The van der Waals surface area contributed by atoms with Gasteiger partial charge >= 0.3 is 0 Å². The van der Waals surface area contributed by atoms with E-state index in [9.17, 15) is 0 Å². The van der Waals surface area contributed by atoms with Crippen molar-refractivity contribution in [2.75, 3.05) is 5.73 Å². The van der Waals surface area contributed by atoms with Crippen LogP contribution in [-0.4, -0.2) is 19.1 Å². The molecule has 5 heteroatoms. The van der Waals surface area contributed by atoms with Crippen molar-refractivity contribution in [2.24, 2.45) is 0 Å². The van der Waals surface area contributed by atoms with Crippen LogP contribution in [0.15, 0.2) is 12.5 Å². The van der Waals surface area contributed by atoms with Gasteiger partial charge in [-0.3, -0.25) is 0 Å². The predicted molar refractivity (Wildman–Crippen MR) is 81.1 cm³/mol. The second kappa shape index (κ2) is 5.04. The standard InChI is InChI=1S/C15H21N5/c1-6-8-20-13(16)12(18-14(20)15(3,4)5)11-9-17-10-19(11)7-2/h1,9-10H,7-8,16H2,2-5H3. The summed E-state index contributed by atoms with van der Waals surface area (Å²) in [6.07, 6.45) is 9.02. The van der Waals surface area contributed by atoms with Crippen LogP contribution in [0, 0.1) is 12.3 Å². The van der Waals surface area contributed by atoms with Crippen molar-refractivity contribution in [3.05, 3.63) is 18.3 Å². The molecular formula is C15H21N5. The van der Waals surface area contributed by atoms with Gasteiger partial charge in [0.05, 0.1) is 24.8 Å². The average Bonchev–Trinajstić information content (AvgIpc) is 2.94. The van der Waals surface area contributed by atoms with Crippen LogP contribution >= 0.6 is 0 Å². The van der Waals surface area contributed by atoms with E-state index in [-0.39, 0.29) is 5.41 Å². The zero-order valence-electron chi connectivity index (χ0n) is 12.5. The Bertz CT molecular complexity index is 649. The Morgan fingerprint density at radius 1 is 1.40 bits per heavy atom. The van der Waals surface area contributed by atoms with Crippen molar-refractivity contribution in [3.63, 3.8) is 0 Å². The van der Waals surface area contributed by atoms with Crippen LogP contribution < -0.4 is 5.73 Å². The maximum atomic E-state index is 6.27. The topological polar surface area (TPSA) is 61.7 Å². The van der Waals surface area contributed by atoms with Gasteiger partial charge in [-0.1, -0.05) is 26.7 Å². The molecule has 2 N–H and O–H groups in total. The largest absolute Gasteiger partial charge is 0.383 e. The van der Waals surface area contributed by atoms with E-state index in [4.69, 9.17) is 17.1 Å². The molecule has 0 aliphatic carbocycles. The molecule has 2 aromatic rings. The number of terminal acetylenes is 1. The molecule has 0 saturated heterocycles. The molecular weight excluding hydrogens is 250 g/mol. The molecule has 0 saturated carbocycles. The lowest BCUT2D eigenvalue weighted by Gasteiger charge is -2.18. The van der Waals surface area contributed by atoms with Gasteiger partial charge in [0, 0.05) is 12.0 Å². The van der Waals surface area contributed by atoms with Crippen LogP contribution in [-0.2, 0) is 18.5 Å². The highest BCUT2D eigenvalue weighted by Crippen LogP contribution is 2.31. The van der Waals surface area contributed by atoms with Crippen molar-refractivity contribution in [1.82, 2.24) is 19.1 Å². The van der Waals surface area contributed by atoms with Gasteiger partial charge in [0.1, 0.15) is 17.3 Å². The summed E-state index contributed by atoms with van der Waals surface area (Å²) >= 11 is 0. The molecule has 2 rings (SSSR count). The zero-order chi connectivity index (χ0) is 14.9. The Labute approximate surface area is 119 Å². The Morgan fingerprint density at radius 2 is 2.10 bits per heavy atom.